The SMILES string of the molecule is Cn1cc(S(=O)(=O)N2CCCC2)cc1C(=O)NCCCN1CCCCCC1. The summed E-state index contributed by atoms with van der Waals surface area (Å²) in [6.07, 6.45) is 9.43. The molecule has 0 aliphatic carbocycles. The molecule has 0 radical (unpaired) electrons. The first-order valence-corrected chi connectivity index (χ1v) is 11.6. The third-order valence-corrected chi connectivity index (χ3v) is 7.41. The lowest BCUT2D eigenvalue weighted by Gasteiger charge is -2.19. The largest absolute Gasteiger partial charge is 0.351 e. The average molecular weight is 397 g/mol. The van der Waals surface area contributed by atoms with E-state index in [-0.39, 0.29) is 10.8 Å². The van der Waals surface area contributed by atoms with Gasteiger partial charge in [0, 0.05) is 32.9 Å². The van der Waals surface area contributed by atoms with E-state index >= 15 is 0 Å². The number of aromatic nitrogens is 1. The molecule has 0 atom stereocenters. The van der Waals surface area contributed by atoms with Crippen molar-refractivity contribution in [1.29, 1.82) is 0 Å². The first-order valence-electron chi connectivity index (χ1n) is 10.2. The Morgan fingerprint density at radius 3 is 2.33 bits per heavy atom. The summed E-state index contributed by atoms with van der Waals surface area (Å²) in [5.41, 5.74) is 0.391. The molecule has 2 saturated heterocycles. The van der Waals surface area contributed by atoms with E-state index < -0.39 is 10.0 Å². The van der Waals surface area contributed by atoms with Gasteiger partial charge in [0.15, 0.2) is 0 Å². The molecule has 27 heavy (non-hydrogen) atoms. The molecule has 0 aromatic carbocycles. The molecule has 7 nitrogen and oxygen atoms in total. The normalized spacial score (nSPS) is 19.9. The van der Waals surface area contributed by atoms with Gasteiger partial charge in [0.2, 0.25) is 10.0 Å². The number of nitrogens with one attached hydrogen (secondary N) is 1. The molecule has 2 fully saturated rings. The number of carbonyl (C=O) groups excluding carboxylic acids is 1. The molecule has 2 aliphatic rings. The highest BCUT2D eigenvalue weighted by atomic mass is 32.2. The molecule has 0 spiro atoms. The maximum absolute atomic E-state index is 12.7. The van der Waals surface area contributed by atoms with Crippen molar-refractivity contribution in [3.05, 3.63) is 18.0 Å². The van der Waals surface area contributed by atoms with Gasteiger partial charge >= 0.3 is 0 Å². The van der Waals surface area contributed by atoms with Gasteiger partial charge in [-0.15, -0.1) is 0 Å². The molecule has 0 saturated carbocycles. The molecule has 0 unspecified atom stereocenters. The molecule has 0 bridgehead atoms. The van der Waals surface area contributed by atoms with Gasteiger partial charge < -0.3 is 14.8 Å². The van der Waals surface area contributed by atoms with Crippen molar-refractivity contribution in [2.24, 2.45) is 7.05 Å². The highest BCUT2D eigenvalue weighted by molar-refractivity contribution is 7.89. The Kier molecular flexibility index (Phi) is 6.94. The second kappa shape index (κ2) is 9.21. The molecule has 8 heteroatoms. The number of nitrogens with zero attached hydrogens (tertiary/aromatic N) is 3. The van der Waals surface area contributed by atoms with Crippen molar-refractivity contribution in [1.82, 2.24) is 19.1 Å². The smallest absolute Gasteiger partial charge is 0.267 e. The van der Waals surface area contributed by atoms with E-state index in [4.69, 9.17) is 0 Å². The van der Waals surface area contributed by atoms with Gasteiger partial charge in [-0.05, 0) is 57.8 Å². The first-order chi connectivity index (χ1) is 13.0. The van der Waals surface area contributed by atoms with Gasteiger partial charge in [-0.1, -0.05) is 12.8 Å². The predicted octanol–water partition coefficient (Wildman–Crippen LogP) is 1.81. The van der Waals surface area contributed by atoms with Crippen LogP contribution in [0.25, 0.3) is 0 Å². The van der Waals surface area contributed by atoms with Crippen LogP contribution in [-0.2, 0) is 17.1 Å². The summed E-state index contributed by atoms with van der Waals surface area (Å²) in [6, 6.07) is 1.50. The van der Waals surface area contributed by atoms with Crippen LogP contribution in [0.4, 0.5) is 0 Å². The molecule has 3 heterocycles. The van der Waals surface area contributed by atoms with Gasteiger partial charge in [0.1, 0.15) is 10.6 Å². The van der Waals surface area contributed by atoms with Crippen molar-refractivity contribution in [2.75, 3.05) is 39.3 Å². The van der Waals surface area contributed by atoms with Crippen LogP contribution in [0.1, 0.15) is 55.4 Å². The number of hydrogen-bond donors (Lipinski definition) is 1. The zero-order valence-electron chi connectivity index (χ0n) is 16.3. The van der Waals surface area contributed by atoms with Crippen molar-refractivity contribution < 1.29 is 13.2 Å². The summed E-state index contributed by atoms with van der Waals surface area (Å²) >= 11 is 0. The molecule has 1 aromatic rings. The van der Waals surface area contributed by atoms with Crippen molar-refractivity contribution >= 4 is 15.9 Å². The standard InChI is InChI=1S/C19H32N4O3S/c1-21-16-17(27(25,26)23-13-6-7-14-23)15-18(21)19(24)20-9-8-12-22-10-4-2-3-5-11-22/h15-16H,2-14H2,1H3,(H,20,24). The first kappa shape index (κ1) is 20.4. The van der Waals surface area contributed by atoms with E-state index in [0.29, 0.717) is 25.3 Å². The van der Waals surface area contributed by atoms with E-state index in [1.165, 1.54) is 36.1 Å². The van der Waals surface area contributed by atoms with Crippen LogP contribution in [0.5, 0.6) is 0 Å². The molecular formula is C19H32N4O3S. The van der Waals surface area contributed by atoms with Crippen LogP contribution < -0.4 is 5.32 Å². The second-order valence-corrected chi connectivity index (χ2v) is 9.59. The predicted molar refractivity (Wildman–Crippen MR) is 105 cm³/mol. The monoisotopic (exact) mass is 396 g/mol. The molecular weight excluding hydrogens is 364 g/mol. The highest BCUT2D eigenvalue weighted by Gasteiger charge is 2.29. The Hall–Kier alpha value is -1.38. The fourth-order valence-corrected chi connectivity index (χ4v) is 5.52. The lowest BCUT2D eigenvalue weighted by Crippen LogP contribution is -2.31. The van der Waals surface area contributed by atoms with Gasteiger partial charge in [-0.2, -0.15) is 4.31 Å². The van der Waals surface area contributed by atoms with Gasteiger partial charge in [0.05, 0.1) is 0 Å². The van der Waals surface area contributed by atoms with Crippen LogP contribution in [0.15, 0.2) is 17.2 Å². The number of likely N-dealkylation sites (tertiary alicyclic amines) is 1. The van der Waals surface area contributed by atoms with Crippen LogP contribution >= 0.6 is 0 Å². The lowest BCUT2D eigenvalue weighted by molar-refractivity contribution is 0.0943. The van der Waals surface area contributed by atoms with E-state index in [1.54, 1.807) is 17.8 Å². The number of sulfonamides is 1. The number of rotatable bonds is 7. The minimum Gasteiger partial charge on any atom is -0.351 e. The van der Waals surface area contributed by atoms with E-state index in [1.807, 2.05) is 0 Å². The van der Waals surface area contributed by atoms with Gasteiger partial charge in [0.25, 0.3) is 5.91 Å². The van der Waals surface area contributed by atoms with Crippen molar-refractivity contribution in [2.45, 2.75) is 49.8 Å². The Bertz CT molecular complexity index is 730. The van der Waals surface area contributed by atoms with Crippen LogP contribution in [0.3, 0.4) is 0 Å². The maximum Gasteiger partial charge on any atom is 0.267 e. The third kappa shape index (κ3) is 5.12. The third-order valence-electron chi connectivity index (χ3n) is 5.55. The number of carbonyl (C=O) groups is 1. The maximum atomic E-state index is 12.7. The zero-order valence-corrected chi connectivity index (χ0v) is 17.1. The summed E-state index contributed by atoms with van der Waals surface area (Å²) in [5.74, 6) is -0.212. The highest BCUT2D eigenvalue weighted by Crippen LogP contribution is 2.22. The average Bonchev–Trinajstić information content (AvgIpc) is 3.24. The van der Waals surface area contributed by atoms with Crippen LogP contribution in [-0.4, -0.2) is 67.4 Å². The zero-order chi connectivity index (χ0) is 19.3. The molecule has 1 N–H and O–H groups in total. The minimum absolute atomic E-state index is 0.210. The summed E-state index contributed by atoms with van der Waals surface area (Å²) < 4.78 is 28.4. The fraction of sp³-hybridized carbons (Fsp3) is 0.737. The van der Waals surface area contributed by atoms with Gasteiger partial charge in [-0.25, -0.2) is 8.42 Å². The second-order valence-electron chi connectivity index (χ2n) is 7.65. The summed E-state index contributed by atoms with van der Waals surface area (Å²) in [4.78, 5) is 15.2. The number of aryl methyl sites for hydroxylation is 1. The quantitative estimate of drug-likeness (QED) is 0.713. The Morgan fingerprint density at radius 1 is 1.04 bits per heavy atom. The Labute approximate surface area is 162 Å². The fourth-order valence-electron chi connectivity index (χ4n) is 3.93. The lowest BCUT2D eigenvalue weighted by atomic mass is 10.2. The Morgan fingerprint density at radius 2 is 1.67 bits per heavy atom. The Balaban J connectivity index is 1.52. The number of hydrogen-bond acceptors (Lipinski definition) is 4. The van der Waals surface area contributed by atoms with E-state index in [9.17, 15) is 13.2 Å². The minimum atomic E-state index is -3.49. The van der Waals surface area contributed by atoms with Crippen LogP contribution in [0, 0.1) is 0 Å². The molecule has 3 rings (SSSR count). The summed E-state index contributed by atoms with van der Waals surface area (Å²) in [6.45, 7) is 5.05. The number of amides is 1. The molecule has 1 aromatic heterocycles. The van der Waals surface area contributed by atoms with E-state index in [2.05, 4.69) is 10.2 Å². The summed E-state index contributed by atoms with van der Waals surface area (Å²) in [7, 11) is -1.77. The van der Waals surface area contributed by atoms with Crippen molar-refractivity contribution in [3.63, 3.8) is 0 Å². The van der Waals surface area contributed by atoms with Gasteiger partial charge in [-0.3, -0.25) is 4.79 Å². The summed E-state index contributed by atoms with van der Waals surface area (Å²) in [5, 5.41) is 2.93. The molecule has 2 aliphatic heterocycles. The molecule has 152 valence electrons. The topological polar surface area (TPSA) is 74.6 Å². The molecule has 1 amide bonds. The van der Waals surface area contributed by atoms with Crippen LogP contribution in [0.2, 0.25) is 0 Å². The van der Waals surface area contributed by atoms with E-state index in [0.717, 1.165) is 38.9 Å². The van der Waals surface area contributed by atoms with Crippen molar-refractivity contribution in [3.8, 4) is 0 Å².